The van der Waals surface area contributed by atoms with Crippen LogP contribution in [0.5, 0.6) is 0 Å². The van der Waals surface area contributed by atoms with E-state index in [1.54, 1.807) is 30.3 Å². The maximum atomic E-state index is 13.8. The molecule has 4 aromatic carbocycles. The number of nitrogens with zero attached hydrogens (tertiary/aromatic N) is 1. The summed E-state index contributed by atoms with van der Waals surface area (Å²) in [7, 11) is -3.63. The summed E-state index contributed by atoms with van der Waals surface area (Å²) in [4.78, 5) is 16.5. The number of fused-ring (bicyclic) bond motifs is 1. The summed E-state index contributed by atoms with van der Waals surface area (Å²) in [6, 6.07) is 32.5. The largest absolute Gasteiger partial charge is 0.392 e. The molecule has 3 N–H and O–H groups in total. The van der Waals surface area contributed by atoms with Crippen molar-refractivity contribution >= 4 is 15.9 Å². The van der Waals surface area contributed by atoms with E-state index in [-0.39, 0.29) is 47.7 Å². The SMILES string of the molecule is CC(C)(C)NC(=O)[C@H]1CC[C@H]2CCCC[C@H]2N1C[C@@H]1C[C@H](c2ccc(CO)cc2)O[C@H](c2ccc(-c3cccc(CNS(=O)(=O)c4ccccc4)c3)cc2)O1. The van der Waals surface area contributed by atoms with Crippen LogP contribution in [0.4, 0.5) is 0 Å². The van der Waals surface area contributed by atoms with E-state index in [0.717, 1.165) is 52.6 Å². The fourth-order valence-corrected chi connectivity index (χ4v) is 9.59. The molecule has 1 amide bonds. The molecule has 0 aromatic heterocycles. The highest BCUT2D eigenvalue weighted by molar-refractivity contribution is 7.89. The van der Waals surface area contributed by atoms with Crippen LogP contribution in [0.3, 0.4) is 0 Å². The second-order valence-corrected chi connectivity index (χ2v) is 18.2. The van der Waals surface area contributed by atoms with Gasteiger partial charge in [0.15, 0.2) is 6.29 Å². The van der Waals surface area contributed by atoms with E-state index in [2.05, 4.69) is 14.9 Å². The first kappa shape index (κ1) is 39.3. The van der Waals surface area contributed by atoms with Gasteiger partial charge in [-0.2, -0.15) is 0 Å². The number of benzene rings is 4. The van der Waals surface area contributed by atoms with Crippen molar-refractivity contribution in [1.82, 2.24) is 14.9 Å². The van der Waals surface area contributed by atoms with Gasteiger partial charge in [0.25, 0.3) is 0 Å². The Bertz CT molecular complexity index is 2000. The summed E-state index contributed by atoms with van der Waals surface area (Å²) in [5.41, 5.74) is 5.28. The molecule has 0 radical (unpaired) electrons. The zero-order chi connectivity index (χ0) is 38.6. The number of ether oxygens (including phenoxy) is 2. The second kappa shape index (κ2) is 17.1. The van der Waals surface area contributed by atoms with Gasteiger partial charge in [-0.15, -0.1) is 0 Å². The van der Waals surface area contributed by atoms with Crippen LogP contribution in [-0.2, 0) is 37.4 Å². The molecule has 10 heteroatoms. The lowest BCUT2D eigenvalue weighted by atomic mass is 9.75. The van der Waals surface area contributed by atoms with Gasteiger partial charge >= 0.3 is 0 Å². The Hall–Kier alpha value is -3.90. The minimum atomic E-state index is -3.63. The number of aliphatic hydroxyl groups excluding tert-OH is 1. The van der Waals surface area contributed by atoms with Crippen molar-refractivity contribution in [3.05, 3.63) is 125 Å². The lowest BCUT2D eigenvalue weighted by molar-refractivity contribution is -0.255. The quantitative estimate of drug-likeness (QED) is 0.143. The Morgan fingerprint density at radius 1 is 0.800 bits per heavy atom. The maximum absolute atomic E-state index is 13.8. The Kier molecular flexibility index (Phi) is 12.2. The summed E-state index contributed by atoms with van der Waals surface area (Å²) in [6.07, 6.45) is 6.29. The first-order chi connectivity index (χ1) is 26.5. The molecular formula is C45H55N3O6S. The van der Waals surface area contributed by atoms with Crippen LogP contribution in [0, 0.1) is 5.92 Å². The molecule has 6 atom stereocenters. The van der Waals surface area contributed by atoms with Gasteiger partial charge in [-0.1, -0.05) is 97.8 Å². The third-order valence-electron chi connectivity index (χ3n) is 11.3. The normalized spacial score (nSPS) is 24.9. The first-order valence-corrected chi connectivity index (χ1v) is 21.3. The number of sulfonamides is 1. The molecule has 2 aliphatic heterocycles. The highest BCUT2D eigenvalue weighted by Crippen LogP contribution is 2.42. The summed E-state index contributed by atoms with van der Waals surface area (Å²) < 4.78 is 41.9. The third kappa shape index (κ3) is 9.74. The molecule has 2 saturated heterocycles. The monoisotopic (exact) mass is 765 g/mol. The van der Waals surface area contributed by atoms with Crippen molar-refractivity contribution in [3.8, 4) is 11.1 Å². The van der Waals surface area contributed by atoms with Crippen LogP contribution in [0.25, 0.3) is 11.1 Å². The summed E-state index contributed by atoms with van der Waals surface area (Å²) in [5.74, 6) is 0.699. The van der Waals surface area contributed by atoms with Crippen molar-refractivity contribution in [2.24, 2.45) is 5.92 Å². The highest BCUT2D eigenvalue weighted by Gasteiger charge is 2.44. The van der Waals surface area contributed by atoms with Crippen molar-refractivity contribution < 1.29 is 27.8 Å². The van der Waals surface area contributed by atoms with Crippen molar-refractivity contribution in [2.45, 2.75) is 120 Å². The molecule has 1 saturated carbocycles. The van der Waals surface area contributed by atoms with E-state index < -0.39 is 16.3 Å². The number of likely N-dealkylation sites (tertiary alicyclic amines) is 1. The Morgan fingerprint density at radius 3 is 2.25 bits per heavy atom. The zero-order valence-electron chi connectivity index (χ0n) is 32.2. The third-order valence-corrected chi connectivity index (χ3v) is 12.7. The topological polar surface area (TPSA) is 117 Å². The molecule has 2 heterocycles. The molecule has 55 heavy (non-hydrogen) atoms. The summed E-state index contributed by atoms with van der Waals surface area (Å²) >= 11 is 0. The van der Waals surface area contributed by atoms with Crippen molar-refractivity contribution in [2.75, 3.05) is 6.54 Å². The van der Waals surface area contributed by atoms with Crippen LogP contribution in [0.2, 0.25) is 0 Å². The smallest absolute Gasteiger partial charge is 0.240 e. The van der Waals surface area contributed by atoms with E-state index in [1.807, 2.05) is 93.6 Å². The molecule has 3 aliphatic rings. The number of rotatable bonds is 11. The molecule has 0 unspecified atom stereocenters. The lowest BCUT2D eigenvalue weighted by Crippen LogP contribution is -2.61. The summed E-state index contributed by atoms with van der Waals surface area (Å²) in [5, 5.41) is 13.0. The van der Waals surface area contributed by atoms with Crippen molar-refractivity contribution in [3.63, 3.8) is 0 Å². The molecule has 0 spiro atoms. The average molecular weight is 766 g/mol. The average Bonchev–Trinajstić information content (AvgIpc) is 3.20. The van der Waals surface area contributed by atoms with E-state index in [0.29, 0.717) is 24.9 Å². The van der Waals surface area contributed by atoms with Gasteiger partial charge < -0.3 is 19.9 Å². The van der Waals surface area contributed by atoms with Gasteiger partial charge in [-0.3, -0.25) is 9.69 Å². The number of piperidine rings is 1. The van der Waals surface area contributed by atoms with E-state index >= 15 is 0 Å². The second-order valence-electron chi connectivity index (χ2n) is 16.5. The number of aliphatic hydroxyl groups is 1. The molecule has 1 aliphatic carbocycles. The maximum Gasteiger partial charge on any atom is 0.240 e. The molecule has 9 nitrogen and oxygen atoms in total. The standard InChI is InChI=1S/C45H55N3O6S/c1-45(2,3)47-43(50)41-25-24-34-11-7-8-15-40(34)48(41)29-38-27-42(35-18-16-31(30-49)17-19-35)54-44(53-38)36-22-20-33(21-23-36)37-12-9-10-32(26-37)28-46-55(51,52)39-13-5-4-6-14-39/h4-6,9-10,12-14,16-23,26,34,38,40-42,44,46,49H,7-8,11,15,24-25,27-30H2,1-3H3,(H,47,50)/t34-,38+,40-,41-,42-,44-/m1/s1. The number of nitrogens with one attached hydrogen (secondary N) is 2. The van der Waals surface area contributed by atoms with E-state index in [9.17, 15) is 18.3 Å². The molecule has 0 bridgehead atoms. The predicted octanol–water partition coefficient (Wildman–Crippen LogP) is 7.81. The minimum absolute atomic E-state index is 0.0196. The Balaban J connectivity index is 1.11. The molecule has 7 rings (SSSR count). The van der Waals surface area contributed by atoms with Crippen LogP contribution < -0.4 is 10.0 Å². The number of hydrogen-bond donors (Lipinski definition) is 3. The molecule has 4 aromatic rings. The van der Waals surface area contributed by atoms with Gasteiger partial charge in [-0.25, -0.2) is 13.1 Å². The molecule has 3 fully saturated rings. The zero-order valence-corrected chi connectivity index (χ0v) is 33.0. The van der Waals surface area contributed by atoms with Gasteiger partial charge in [-0.05, 0) is 98.4 Å². The number of hydrogen-bond acceptors (Lipinski definition) is 7. The Labute approximate surface area is 326 Å². The van der Waals surface area contributed by atoms with Crippen LogP contribution >= 0.6 is 0 Å². The van der Waals surface area contributed by atoms with Crippen LogP contribution in [0.1, 0.15) is 100 Å². The van der Waals surface area contributed by atoms with E-state index in [4.69, 9.17) is 9.47 Å². The lowest BCUT2D eigenvalue weighted by Gasteiger charge is -2.50. The molecular weight excluding hydrogens is 711 g/mol. The number of amides is 1. The van der Waals surface area contributed by atoms with Gasteiger partial charge in [0, 0.05) is 36.7 Å². The first-order valence-electron chi connectivity index (χ1n) is 19.8. The summed E-state index contributed by atoms with van der Waals surface area (Å²) in [6.45, 7) is 6.92. The minimum Gasteiger partial charge on any atom is -0.392 e. The highest BCUT2D eigenvalue weighted by atomic mass is 32.2. The van der Waals surface area contributed by atoms with Gasteiger partial charge in [0.05, 0.1) is 29.8 Å². The van der Waals surface area contributed by atoms with E-state index in [1.165, 1.54) is 19.3 Å². The Morgan fingerprint density at radius 2 is 1.53 bits per heavy atom. The van der Waals surface area contributed by atoms with Gasteiger partial charge in [0.2, 0.25) is 15.9 Å². The molecule has 292 valence electrons. The predicted molar refractivity (Wildman–Crippen MR) is 214 cm³/mol. The number of carbonyl (C=O) groups excluding carboxylic acids is 1. The van der Waals surface area contributed by atoms with Crippen LogP contribution in [0.15, 0.2) is 108 Å². The van der Waals surface area contributed by atoms with Gasteiger partial charge in [0.1, 0.15) is 0 Å². The fourth-order valence-electron chi connectivity index (χ4n) is 8.55. The van der Waals surface area contributed by atoms with Crippen LogP contribution in [-0.4, -0.2) is 54.6 Å². The number of carbonyl (C=O) groups is 1. The van der Waals surface area contributed by atoms with Crippen molar-refractivity contribution in [1.29, 1.82) is 0 Å². The fraction of sp³-hybridized carbons (Fsp3) is 0.444.